The average Bonchev–Trinajstić information content (AvgIpc) is 3.36. The number of hydrogen-bond donors (Lipinski definition) is 1. The molecule has 0 radical (unpaired) electrons. The summed E-state index contributed by atoms with van der Waals surface area (Å²) >= 11 is 0. The van der Waals surface area contributed by atoms with Gasteiger partial charge < -0.3 is 19.2 Å². The van der Waals surface area contributed by atoms with Gasteiger partial charge in [0.15, 0.2) is 0 Å². The molecule has 2 heterocycles. The minimum absolute atomic E-state index is 0.120. The molecule has 6 nitrogen and oxygen atoms in total. The molecule has 1 aliphatic carbocycles. The third kappa shape index (κ3) is 4.51. The van der Waals surface area contributed by atoms with Gasteiger partial charge in [-0.25, -0.2) is 4.98 Å². The molecule has 6 heteroatoms. The van der Waals surface area contributed by atoms with Gasteiger partial charge in [-0.1, -0.05) is 18.9 Å². The molecule has 0 spiro atoms. The molecule has 1 atom stereocenters. The number of nitrogens with one attached hydrogen (secondary N) is 1. The fraction of sp³-hybridized carbons (Fsp3) is 0.364. The Labute approximate surface area is 164 Å². The first kappa shape index (κ1) is 18.5. The largest absolute Gasteiger partial charge is 0.487 e. The topological polar surface area (TPSA) is 64.9 Å². The molecule has 0 saturated heterocycles. The second kappa shape index (κ2) is 8.44. The molecule has 1 saturated carbocycles. The van der Waals surface area contributed by atoms with Gasteiger partial charge >= 0.3 is 0 Å². The van der Waals surface area contributed by atoms with E-state index in [9.17, 15) is 4.79 Å². The van der Waals surface area contributed by atoms with Gasteiger partial charge in [0, 0.05) is 18.1 Å². The highest BCUT2D eigenvalue weighted by Gasteiger charge is 2.22. The van der Waals surface area contributed by atoms with Gasteiger partial charge in [-0.3, -0.25) is 4.79 Å². The predicted molar refractivity (Wildman–Crippen MR) is 107 cm³/mol. The lowest BCUT2D eigenvalue weighted by Gasteiger charge is -2.18. The number of ether oxygens (including phenoxy) is 2. The van der Waals surface area contributed by atoms with Crippen molar-refractivity contribution in [1.82, 2.24) is 9.38 Å². The van der Waals surface area contributed by atoms with E-state index in [0.717, 1.165) is 35.6 Å². The number of aromatic nitrogens is 2. The van der Waals surface area contributed by atoms with E-state index < -0.39 is 6.10 Å². The zero-order valence-corrected chi connectivity index (χ0v) is 16.0. The number of rotatable bonds is 7. The fourth-order valence-electron chi connectivity index (χ4n) is 3.47. The number of amides is 1. The van der Waals surface area contributed by atoms with Crippen molar-refractivity contribution in [3.63, 3.8) is 0 Å². The number of nitrogens with zero attached hydrogens (tertiary/aromatic N) is 2. The van der Waals surface area contributed by atoms with E-state index in [1.807, 2.05) is 59.3 Å². The van der Waals surface area contributed by atoms with Gasteiger partial charge in [-0.2, -0.15) is 0 Å². The van der Waals surface area contributed by atoms with Crippen molar-refractivity contribution in [2.45, 2.75) is 51.4 Å². The highest BCUT2D eigenvalue weighted by Crippen LogP contribution is 2.23. The minimum Gasteiger partial charge on any atom is -0.487 e. The quantitative estimate of drug-likeness (QED) is 0.668. The molecule has 1 fully saturated rings. The number of hydrogen-bond acceptors (Lipinski definition) is 4. The molecule has 28 heavy (non-hydrogen) atoms. The Hall–Kier alpha value is -2.86. The standard InChI is InChI=1S/C22H25N3O3/c1-16(28-20-6-2-3-7-20)22(26)24-17-9-11-19(12-10-17)27-15-18-14-25-13-5-4-8-21(25)23-18/h4-5,8-14,16,20H,2-3,6-7,15H2,1H3,(H,24,26)/t16-/m1/s1. The third-order valence-corrected chi connectivity index (χ3v) is 4.99. The molecule has 1 amide bonds. The molecule has 3 aromatic rings. The summed E-state index contributed by atoms with van der Waals surface area (Å²) in [4.78, 5) is 16.8. The number of imidazole rings is 1. The van der Waals surface area contributed by atoms with Crippen LogP contribution in [0.25, 0.3) is 5.65 Å². The van der Waals surface area contributed by atoms with Crippen molar-refractivity contribution in [2.24, 2.45) is 0 Å². The normalized spacial score (nSPS) is 15.6. The van der Waals surface area contributed by atoms with Gasteiger partial charge in [0.05, 0.1) is 11.8 Å². The lowest BCUT2D eigenvalue weighted by molar-refractivity contribution is -0.129. The molecule has 2 aromatic heterocycles. The summed E-state index contributed by atoms with van der Waals surface area (Å²) in [5, 5.41) is 2.90. The lowest BCUT2D eigenvalue weighted by atomic mass is 10.2. The van der Waals surface area contributed by atoms with Gasteiger partial charge in [-0.15, -0.1) is 0 Å². The summed E-state index contributed by atoms with van der Waals surface area (Å²) in [5.41, 5.74) is 2.49. The maximum atomic E-state index is 12.3. The van der Waals surface area contributed by atoms with Gasteiger partial charge in [0.2, 0.25) is 0 Å². The molecular formula is C22H25N3O3. The molecule has 1 aromatic carbocycles. The van der Waals surface area contributed by atoms with Crippen LogP contribution in [0.2, 0.25) is 0 Å². The Morgan fingerprint density at radius 1 is 1.21 bits per heavy atom. The summed E-state index contributed by atoms with van der Waals surface area (Å²) in [6.07, 6.45) is 8.16. The molecule has 0 aliphatic heterocycles. The highest BCUT2D eigenvalue weighted by atomic mass is 16.5. The summed E-state index contributed by atoms with van der Waals surface area (Å²) in [5.74, 6) is 0.607. The van der Waals surface area contributed by atoms with Crippen LogP contribution in [0.15, 0.2) is 54.9 Å². The number of pyridine rings is 1. The average molecular weight is 379 g/mol. The molecular weight excluding hydrogens is 354 g/mol. The zero-order valence-electron chi connectivity index (χ0n) is 16.0. The van der Waals surface area contributed by atoms with Crippen molar-refractivity contribution in [2.75, 3.05) is 5.32 Å². The minimum atomic E-state index is -0.450. The first-order valence-corrected chi connectivity index (χ1v) is 9.79. The maximum absolute atomic E-state index is 12.3. The Balaban J connectivity index is 1.28. The first-order valence-electron chi connectivity index (χ1n) is 9.79. The van der Waals surface area contributed by atoms with E-state index in [0.29, 0.717) is 6.61 Å². The Morgan fingerprint density at radius 2 is 2.00 bits per heavy atom. The van der Waals surface area contributed by atoms with Crippen molar-refractivity contribution < 1.29 is 14.3 Å². The summed E-state index contributed by atoms with van der Waals surface area (Å²) in [6.45, 7) is 2.19. The van der Waals surface area contributed by atoms with Crippen molar-refractivity contribution in [1.29, 1.82) is 0 Å². The third-order valence-electron chi connectivity index (χ3n) is 4.99. The van der Waals surface area contributed by atoms with E-state index in [-0.39, 0.29) is 12.0 Å². The van der Waals surface area contributed by atoms with E-state index in [4.69, 9.17) is 9.47 Å². The van der Waals surface area contributed by atoms with E-state index in [2.05, 4.69) is 10.3 Å². The SMILES string of the molecule is C[C@@H](OC1CCCC1)C(=O)Nc1ccc(OCc2cn3ccccc3n2)cc1. The maximum Gasteiger partial charge on any atom is 0.253 e. The van der Waals surface area contributed by atoms with Gasteiger partial charge in [0.25, 0.3) is 5.91 Å². The molecule has 1 aliphatic rings. The second-order valence-corrected chi connectivity index (χ2v) is 7.19. The van der Waals surface area contributed by atoms with Crippen molar-refractivity contribution in [3.8, 4) is 5.75 Å². The molecule has 0 bridgehead atoms. The Morgan fingerprint density at radius 3 is 2.75 bits per heavy atom. The van der Waals surface area contributed by atoms with E-state index >= 15 is 0 Å². The van der Waals surface area contributed by atoms with E-state index in [1.54, 1.807) is 6.92 Å². The van der Waals surface area contributed by atoms with Crippen LogP contribution in [0.1, 0.15) is 38.3 Å². The van der Waals surface area contributed by atoms with Gasteiger partial charge in [0.1, 0.15) is 24.1 Å². The molecule has 4 rings (SSSR count). The monoisotopic (exact) mass is 379 g/mol. The second-order valence-electron chi connectivity index (χ2n) is 7.19. The molecule has 1 N–H and O–H groups in total. The Bertz CT molecular complexity index is 897. The smallest absolute Gasteiger partial charge is 0.253 e. The van der Waals surface area contributed by atoms with Crippen LogP contribution >= 0.6 is 0 Å². The van der Waals surface area contributed by atoms with Crippen LogP contribution < -0.4 is 10.1 Å². The fourth-order valence-corrected chi connectivity index (χ4v) is 3.47. The van der Waals surface area contributed by atoms with Crippen LogP contribution in [0.3, 0.4) is 0 Å². The number of anilines is 1. The first-order chi connectivity index (χ1) is 13.7. The van der Waals surface area contributed by atoms with E-state index in [1.165, 1.54) is 12.8 Å². The van der Waals surface area contributed by atoms with Gasteiger partial charge in [-0.05, 0) is 56.2 Å². The van der Waals surface area contributed by atoms with Crippen LogP contribution in [0.4, 0.5) is 5.69 Å². The zero-order chi connectivity index (χ0) is 19.3. The summed E-state index contributed by atoms with van der Waals surface area (Å²) in [6, 6.07) is 13.2. The lowest BCUT2D eigenvalue weighted by Crippen LogP contribution is -2.30. The van der Waals surface area contributed by atoms with Crippen LogP contribution in [0, 0.1) is 0 Å². The van der Waals surface area contributed by atoms with Crippen molar-refractivity contribution in [3.05, 3.63) is 60.6 Å². The molecule has 0 unspecified atom stereocenters. The number of fused-ring (bicyclic) bond motifs is 1. The van der Waals surface area contributed by atoms with Crippen molar-refractivity contribution >= 4 is 17.2 Å². The van der Waals surface area contributed by atoms with Crippen LogP contribution in [-0.4, -0.2) is 27.5 Å². The van der Waals surface area contributed by atoms with Crippen LogP contribution in [0.5, 0.6) is 5.75 Å². The number of carbonyl (C=O) groups is 1. The number of benzene rings is 1. The number of carbonyl (C=O) groups excluding carboxylic acids is 1. The summed E-state index contributed by atoms with van der Waals surface area (Å²) in [7, 11) is 0. The Kier molecular flexibility index (Phi) is 5.58. The highest BCUT2D eigenvalue weighted by molar-refractivity contribution is 5.93. The van der Waals surface area contributed by atoms with Crippen LogP contribution in [-0.2, 0) is 16.1 Å². The molecule has 146 valence electrons. The summed E-state index contributed by atoms with van der Waals surface area (Å²) < 4.78 is 13.6. The predicted octanol–water partition coefficient (Wildman–Crippen LogP) is 4.20.